The van der Waals surface area contributed by atoms with Gasteiger partial charge < -0.3 is 31.9 Å². The van der Waals surface area contributed by atoms with Gasteiger partial charge in [0, 0.05) is 39.3 Å². The van der Waals surface area contributed by atoms with Crippen molar-refractivity contribution in [2.24, 2.45) is 0 Å². The van der Waals surface area contributed by atoms with Crippen LogP contribution in [0.15, 0.2) is 164 Å². The van der Waals surface area contributed by atoms with Gasteiger partial charge in [0.05, 0.1) is 0 Å². The Bertz CT molecular complexity index is 3230. The first-order valence-electron chi connectivity index (χ1n) is 28.2. The van der Waals surface area contributed by atoms with Crippen molar-refractivity contribution in [2.75, 3.05) is 0 Å². The molecule has 0 saturated heterocycles. The van der Waals surface area contributed by atoms with E-state index in [9.17, 15) is 0 Å². The summed E-state index contributed by atoms with van der Waals surface area (Å²) >= 11 is 18.7. The predicted molar refractivity (Wildman–Crippen MR) is 345 cm³/mol. The molecule has 10 aromatic rings. The highest BCUT2D eigenvalue weighted by atomic mass is 32.1. The Hall–Kier alpha value is -7.17. The van der Waals surface area contributed by atoms with Crippen molar-refractivity contribution >= 4 is 117 Å². The van der Waals surface area contributed by atoms with Gasteiger partial charge in [-0.3, -0.25) is 0 Å². The van der Waals surface area contributed by atoms with Crippen molar-refractivity contribution in [3.05, 3.63) is 214 Å². The topological polar surface area (TPSA) is 72.2 Å². The second-order valence-corrected chi connectivity index (χ2v) is 21.9. The van der Waals surface area contributed by atoms with Crippen LogP contribution in [0.4, 0.5) is 0 Å². The van der Waals surface area contributed by atoms with Crippen molar-refractivity contribution in [2.45, 2.75) is 118 Å². The number of thiocarbonyl (C=S) groups is 3. The monoisotopic (exact) mass is 1080 g/mol. The zero-order valence-electron chi connectivity index (χ0n) is 45.4. The lowest BCUT2D eigenvalue weighted by molar-refractivity contribution is 0.698. The fraction of sp³-hybridized carbons (Fsp3) is 0.261. The first kappa shape index (κ1) is 54.2. The van der Waals surface area contributed by atoms with Crippen LogP contribution in [0.1, 0.15) is 109 Å². The van der Waals surface area contributed by atoms with Crippen molar-refractivity contribution in [1.29, 1.82) is 0 Å². The molecular weight excluding hydrogens is 1010 g/mol. The van der Waals surface area contributed by atoms with E-state index >= 15 is 0 Å². The van der Waals surface area contributed by atoms with E-state index in [1.165, 1.54) is 115 Å². The highest BCUT2D eigenvalue weighted by molar-refractivity contribution is 7.80. The van der Waals surface area contributed by atoms with Crippen LogP contribution in [0.2, 0.25) is 0 Å². The molecule has 0 unspecified atom stereocenters. The lowest BCUT2D eigenvalue weighted by Crippen LogP contribution is -2.37. The molecule has 0 spiro atoms. The average molecular weight is 1080 g/mol. The summed E-state index contributed by atoms with van der Waals surface area (Å²) < 4.78 is 0. The molecule has 0 aliphatic rings. The van der Waals surface area contributed by atoms with Crippen LogP contribution in [-0.2, 0) is 58.5 Å². The van der Waals surface area contributed by atoms with Crippen molar-refractivity contribution in [3.8, 4) is 0 Å². The molecule has 0 aromatic heterocycles. The summed E-state index contributed by atoms with van der Waals surface area (Å²) in [4.78, 5) is 0. The average Bonchev–Trinajstić information content (AvgIpc) is 3.59. The molecule has 10 rings (SSSR count). The molecule has 0 aliphatic carbocycles. The summed E-state index contributed by atoms with van der Waals surface area (Å²) in [5.41, 5.74) is 12.0. The first-order valence-corrected chi connectivity index (χ1v) is 29.5. The number of hydrogen-bond donors (Lipinski definition) is 6. The summed E-state index contributed by atoms with van der Waals surface area (Å²) in [7, 11) is 0. The maximum absolute atomic E-state index is 6.24. The summed E-state index contributed by atoms with van der Waals surface area (Å²) in [5.74, 6) is 0. The SMILES string of the molecule is CCCCc1c(CNC(=S)NCc2c3ccccc3cc3ccccc23)c(CCCC)c(CNC(=S)NCc2c3ccccc3cc3ccccc23)c(CCCC)c1CNC(=S)NCc1c2ccccc2cc2ccccc12. The molecule has 0 atom stereocenters. The molecule has 396 valence electrons. The molecule has 10 aromatic carbocycles. The summed E-state index contributed by atoms with van der Waals surface area (Å²) in [6.45, 7) is 10.5. The summed E-state index contributed by atoms with van der Waals surface area (Å²) in [6, 6.07) is 58.8. The third-order valence-corrected chi connectivity index (χ3v) is 16.6. The minimum Gasteiger partial charge on any atom is -0.359 e. The van der Waals surface area contributed by atoms with Gasteiger partial charge in [-0.1, -0.05) is 186 Å². The summed E-state index contributed by atoms with van der Waals surface area (Å²) in [6.07, 6.45) is 9.34. The van der Waals surface area contributed by atoms with E-state index < -0.39 is 0 Å². The number of rotatable bonds is 21. The number of hydrogen-bond acceptors (Lipinski definition) is 3. The van der Waals surface area contributed by atoms with Gasteiger partial charge in [0.2, 0.25) is 0 Å². The number of benzene rings is 10. The van der Waals surface area contributed by atoms with E-state index in [-0.39, 0.29) is 0 Å². The molecule has 6 nitrogen and oxygen atoms in total. The predicted octanol–water partition coefficient (Wildman–Crippen LogP) is 16.1. The van der Waals surface area contributed by atoms with Crippen LogP contribution in [0.5, 0.6) is 0 Å². The Balaban J connectivity index is 0.985. The molecule has 0 fully saturated rings. The van der Waals surface area contributed by atoms with Crippen LogP contribution in [0.25, 0.3) is 64.6 Å². The lowest BCUT2D eigenvalue weighted by Gasteiger charge is -2.29. The maximum atomic E-state index is 6.24. The molecule has 0 saturated carbocycles. The number of nitrogens with one attached hydrogen (secondary N) is 6. The second-order valence-electron chi connectivity index (χ2n) is 20.7. The van der Waals surface area contributed by atoms with Gasteiger partial charge in [-0.05, 0) is 208 Å². The van der Waals surface area contributed by atoms with Crippen molar-refractivity contribution in [1.82, 2.24) is 31.9 Å². The van der Waals surface area contributed by atoms with E-state index in [1.807, 2.05) is 0 Å². The van der Waals surface area contributed by atoms with Crippen LogP contribution in [-0.4, -0.2) is 15.3 Å². The molecular formula is C69H72N6S3. The minimum absolute atomic E-state index is 0.599. The standard InChI is InChI=1S/C69H72N6S3/c1-4-7-28-58-64(43-73-67(76)70-40-61-52-31-16-10-22-46(52)37-47-23-11-17-32-53(47)61)59(29-8-5-2)66(45-75-69(78)72-42-63-56-35-20-14-26-50(56)39-51-27-15-21-36-57(51)63)60(30-9-6-3)65(58)44-74-68(77)71-41-62-54-33-18-12-24-48(54)38-49-25-13-19-34-55(49)62/h10-27,31-39H,4-9,28-30,40-45H2,1-3H3,(H2,70,73,76)(H2,71,74,77)(H2,72,75,78). The maximum Gasteiger partial charge on any atom is 0.166 e. The van der Waals surface area contributed by atoms with Crippen molar-refractivity contribution < 1.29 is 0 Å². The Labute approximate surface area is 477 Å². The molecule has 6 N–H and O–H groups in total. The van der Waals surface area contributed by atoms with Gasteiger partial charge in [0.25, 0.3) is 0 Å². The molecule has 0 aliphatic heterocycles. The van der Waals surface area contributed by atoms with E-state index in [1.54, 1.807) is 0 Å². The third-order valence-electron chi connectivity index (χ3n) is 15.7. The van der Waals surface area contributed by atoms with E-state index in [0.717, 1.165) is 57.8 Å². The molecule has 78 heavy (non-hydrogen) atoms. The zero-order chi connectivity index (χ0) is 53.8. The first-order chi connectivity index (χ1) is 38.3. The van der Waals surface area contributed by atoms with Gasteiger partial charge in [0.1, 0.15) is 0 Å². The normalized spacial score (nSPS) is 11.4. The van der Waals surface area contributed by atoms with Crippen LogP contribution < -0.4 is 31.9 Å². The highest BCUT2D eigenvalue weighted by Gasteiger charge is 2.24. The lowest BCUT2D eigenvalue weighted by atomic mass is 9.81. The third kappa shape index (κ3) is 12.2. The van der Waals surface area contributed by atoms with Crippen LogP contribution >= 0.6 is 36.7 Å². The van der Waals surface area contributed by atoms with Gasteiger partial charge in [-0.15, -0.1) is 0 Å². The Kier molecular flexibility index (Phi) is 18.1. The highest BCUT2D eigenvalue weighted by Crippen LogP contribution is 2.35. The smallest absolute Gasteiger partial charge is 0.166 e. The fourth-order valence-corrected chi connectivity index (χ4v) is 12.2. The minimum atomic E-state index is 0.599. The Morgan fingerprint density at radius 2 is 0.462 bits per heavy atom. The van der Waals surface area contributed by atoms with Crippen LogP contribution in [0.3, 0.4) is 0 Å². The Morgan fingerprint density at radius 3 is 0.667 bits per heavy atom. The number of fused-ring (bicyclic) bond motifs is 6. The van der Waals surface area contributed by atoms with E-state index in [2.05, 4.69) is 216 Å². The van der Waals surface area contributed by atoms with Crippen molar-refractivity contribution in [3.63, 3.8) is 0 Å². The quantitative estimate of drug-likeness (QED) is 0.0312. The molecule has 0 radical (unpaired) electrons. The zero-order valence-corrected chi connectivity index (χ0v) is 47.9. The number of unbranched alkanes of at least 4 members (excludes halogenated alkanes) is 3. The molecule has 0 amide bonds. The fourth-order valence-electron chi connectivity index (χ4n) is 11.8. The second kappa shape index (κ2) is 26.0. The summed E-state index contributed by atoms with van der Waals surface area (Å²) in [5, 5.41) is 39.1. The van der Waals surface area contributed by atoms with Gasteiger partial charge in [-0.2, -0.15) is 0 Å². The largest absolute Gasteiger partial charge is 0.359 e. The Morgan fingerprint density at radius 1 is 0.269 bits per heavy atom. The van der Waals surface area contributed by atoms with Gasteiger partial charge in [0.15, 0.2) is 15.3 Å². The van der Waals surface area contributed by atoms with Crippen LogP contribution in [0, 0.1) is 0 Å². The molecule has 0 bridgehead atoms. The van der Waals surface area contributed by atoms with E-state index in [4.69, 9.17) is 36.7 Å². The molecule has 9 heteroatoms. The van der Waals surface area contributed by atoms with Gasteiger partial charge in [-0.25, -0.2) is 0 Å². The van der Waals surface area contributed by atoms with Gasteiger partial charge >= 0.3 is 0 Å². The molecule has 0 heterocycles. The van der Waals surface area contributed by atoms with E-state index in [0.29, 0.717) is 54.6 Å².